The standard InChI is InChI=1S/C13H19NO5/c1-8-11(12(15)16)5-10(19-8)6-14-7-13(17)3-4-18-9(13)2/h5,9,14,17H,3-4,6-7H2,1-2H3,(H,15,16). The van der Waals surface area contributed by atoms with Crippen LogP contribution in [0.4, 0.5) is 0 Å². The highest BCUT2D eigenvalue weighted by Gasteiger charge is 2.39. The van der Waals surface area contributed by atoms with Crippen molar-refractivity contribution in [2.45, 2.75) is 38.5 Å². The molecule has 2 rings (SSSR count). The van der Waals surface area contributed by atoms with Gasteiger partial charge in [-0.05, 0) is 19.9 Å². The Morgan fingerprint density at radius 3 is 2.89 bits per heavy atom. The molecular formula is C13H19NO5. The summed E-state index contributed by atoms with van der Waals surface area (Å²) in [6.07, 6.45) is 0.395. The highest BCUT2D eigenvalue weighted by Crippen LogP contribution is 2.25. The summed E-state index contributed by atoms with van der Waals surface area (Å²) < 4.78 is 10.7. The first-order valence-corrected chi connectivity index (χ1v) is 6.30. The monoisotopic (exact) mass is 269 g/mol. The van der Waals surface area contributed by atoms with Crippen LogP contribution in [0.2, 0.25) is 0 Å². The molecule has 0 amide bonds. The van der Waals surface area contributed by atoms with Gasteiger partial charge in [0.25, 0.3) is 0 Å². The molecule has 1 aliphatic heterocycles. The number of nitrogens with one attached hydrogen (secondary N) is 1. The van der Waals surface area contributed by atoms with E-state index in [1.807, 2.05) is 6.92 Å². The Balaban J connectivity index is 1.89. The van der Waals surface area contributed by atoms with Gasteiger partial charge in [0.1, 0.15) is 22.7 Å². The summed E-state index contributed by atoms with van der Waals surface area (Å²) in [4.78, 5) is 10.9. The zero-order valence-electron chi connectivity index (χ0n) is 11.1. The molecule has 0 bridgehead atoms. The van der Waals surface area contributed by atoms with Gasteiger partial charge in [0.2, 0.25) is 0 Å². The van der Waals surface area contributed by atoms with Gasteiger partial charge in [-0.15, -0.1) is 0 Å². The van der Waals surface area contributed by atoms with Gasteiger partial charge in [0.05, 0.1) is 12.6 Å². The van der Waals surface area contributed by atoms with Gasteiger partial charge in [0.15, 0.2) is 0 Å². The zero-order chi connectivity index (χ0) is 14.0. The minimum Gasteiger partial charge on any atom is -0.478 e. The molecule has 1 saturated heterocycles. The van der Waals surface area contributed by atoms with Gasteiger partial charge in [-0.3, -0.25) is 0 Å². The summed E-state index contributed by atoms with van der Waals surface area (Å²) >= 11 is 0. The average molecular weight is 269 g/mol. The lowest BCUT2D eigenvalue weighted by Crippen LogP contribution is -2.45. The number of carbonyl (C=O) groups is 1. The fraction of sp³-hybridized carbons (Fsp3) is 0.615. The fourth-order valence-corrected chi connectivity index (χ4v) is 2.25. The Bertz CT molecular complexity index is 470. The van der Waals surface area contributed by atoms with E-state index in [1.165, 1.54) is 6.07 Å². The molecule has 6 heteroatoms. The number of aromatic carboxylic acids is 1. The van der Waals surface area contributed by atoms with E-state index in [2.05, 4.69) is 5.32 Å². The van der Waals surface area contributed by atoms with Crippen LogP contribution in [0.15, 0.2) is 10.5 Å². The number of aryl methyl sites for hydroxylation is 1. The summed E-state index contributed by atoms with van der Waals surface area (Å²) in [5.74, 6) is -0.0606. The summed E-state index contributed by atoms with van der Waals surface area (Å²) in [6, 6.07) is 1.50. The Morgan fingerprint density at radius 1 is 1.63 bits per heavy atom. The van der Waals surface area contributed by atoms with Crippen LogP contribution in [0.1, 0.15) is 35.2 Å². The second kappa shape index (κ2) is 5.32. The third kappa shape index (κ3) is 2.97. The number of aliphatic hydroxyl groups is 1. The molecule has 2 unspecified atom stereocenters. The number of hydrogen-bond acceptors (Lipinski definition) is 5. The second-order valence-electron chi connectivity index (χ2n) is 4.96. The summed E-state index contributed by atoms with van der Waals surface area (Å²) in [7, 11) is 0. The summed E-state index contributed by atoms with van der Waals surface area (Å²) in [5, 5.41) is 22.3. The minimum absolute atomic E-state index is 0.174. The molecule has 19 heavy (non-hydrogen) atoms. The molecule has 0 aliphatic carbocycles. The van der Waals surface area contributed by atoms with Crippen LogP contribution in [0, 0.1) is 6.92 Å². The molecule has 3 N–H and O–H groups in total. The van der Waals surface area contributed by atoms with Crippen molar-refractivity contribution < 1.29 is 24.2 Å². The molecule has 1 aromatic heterocycles. The van der Waals surface area contributed by atoms with Crippen LogP contribution in [-0.4, -0.2) is 41.0 Å². The van der Waals surface area contributed by atoms with E-state index in [1.54, 1.807) is 6.92 Å². The predicted molar refractivity (Wildman–Crippen MR) is 67.1 cm³/mol. The Morgan fingerprint density at radius 2 is 2.37 bits per heavy atom. The number of furan rings is 1. The summed E-state index contributed by atoms with van der Waals surface area (Å²) in [5.41, 5.74) is -0.690. The predicted octanol–water partition coefficient (Wildman–Crippen LogP) is 0.916. The number of hydrogen-bond donors (Lipinski definition) is 3. The van der Waals surface area contributed by atoms with Crippen molar-refractivity contribution in [2.24, 2.45) is 0 Å². The third-order valence-electron chi connectivity index (χ3n) is 3.59. The van der Waals surface area contributed by atoms with Crippen molar-refractivity contribution in [1.29, 1.82) is 0 Å². The van der Waals surface area contributed by atoms with Crippen LogP contribution >= 0.6 is 0 Å². The molecule has 2 atom stereocenters. The highest BCUT2D eigenvalue weighted by atomic mass is 16.5. The van der Waals surface area contributed by atoms with E-state index in [-0.39, 0.29) is 11.7 Å². The molecule has 0 radical (unpaired) electrons. The molecular weight excluding hydrogens is 250 g/mol. The molecule has 0 saturated carbocycles. The van der Waals surface area contributed by atoms with Crippen molar-refractivity contribution >= 4 is 5.97 Å². The fourth-order valence-electron chi connectivity index (χ4n) is 2.25. The van der Waals surface area contributed by atoms with Gasteiger partial charge in [0, 0.05) is 19.6 Å². The van der Waals surface area contributed by atoms with Gasteiger partial charge in [-0.1, -0.05) is 0 Å². The largest absolute Gasteiger partial charge is 0.478 e. The number of carboxylic acid groups (broad SMARTS) is 1. The third-order valence-corrected chi connectivity index (χ3v) is 3.59. The SMILES string of the molecule is Cc1oc(CNCC2(O)CCOC2C)cc1C(=O)O. The van der Waals surface area contributed by atoms with E-state index in [9.17, 15) is 9.90 Å². The first kappa shape index (κ1) is 14.0. The van der Waals surface area contributed by atoms with Crippen LogP contribution < -0.4 is 5.32 Å². The van der Waals surface area contributed by atoms with E-state index >= 15 is 0 Å². The maximum Gasteiger partial charge on any atom is 0.339 e. The number of ether oxygens (including phenoxy) is 1. The maximum atomic E-state index is 10.9. The average Bonchev–Trinajstić information content (AvgIpc) is 2.84. The molecule has 0 spiro atoms. The number of carboxylic acids is 1. The quantitative estimate of drug-likeness (QED) is 0.736. The molecule has 2 heterocycles. The van der Waals surface area contributed by atoms with Gasteiger partial charge in [-0.25, -0.2) is 4.79 Å². The Hall–Kier alpha value is -1.37. The highest BCUT2D eigenvalue weighted by molar-refractivity contribution is 5.88. The topological polar surface area (TPSA) is 91.9 Å². The zero-order valence-corrected chi connectivity index (χ0v) is 11.1. The van der Waals surface area contributed by atoms with Gasteiger partial charge >= 0.3 is 5.97 Å². The van der Waals surface area contributed by atoms with Crippen molar-refractivity contribution in [3.63, 3.8) is 0 Å². The van der Waals surface area contributed by atoms with Crippen molar-refractivity contribution in [1.82, 2.24) is 5.32 Å². The van der Waals surface area contributed by atoms with Crippen LogP contribution in [-0.2, 0) is 11.3 Å². The van der Waals surface area contributed by atoms with Crippen molar-refractivity contribution in [3.05, 3.63) is 23.2 Å². The van der Waals surface area contributed by atoms with Crippen LogP contribution in [0.3, 0.4) is 0 Å². The van der Waals surface area contributed by atoms with E-state index < -0.39 is 11.6 Å². The smallest absolute Gasteiger partial charge is 0.339 e. The lowest BCUT2D eigenvalue weighted by atomic mass is 9.97. The molecule has 0 aromatic carbocycles. The van der Waals surface area contributed by atoms with E-state index in [0.717, 1.165) is 0 Å². The molecule has 1 fully saturated rings. The van der Waals surface area contributed by atoms with Crippen LogP contribution in [0.5, 0.6) is 0 Å². The molecule has 1 aliphatic rings. The normalized spacial score (nSPS) is 26.8. The first-order chi connectivity index (χ1) is 8.92. The molecule has 1 aromatic rings. The number of rotatable bonds is 5. The van der Waals surface area contributed by atoms with E-state index in [4.69, 9.17) is 14.3 Å². The molecule has 6 nitrogen and oxygen atoms in total. The lowest BCUT2D eigenvalue weighted by molar-refractivity contribution is -0.0264. The Labute approximate surface area is 111 Å². The van der Waals surface area contributed by atoms with Crippen molar-refractivity contribution in [2.75, 3.05) is 13.2 Å². The van der Waals surface area contributed by atoms with Gasteiger partial charge < -0.3 is 24.7 Å². The molecule has 106 valence electrons. The van der Waals surface area contributed by atoms with E-state index in [0.29, 0.717) is 37.6 Å². The first-order valence-electron chi connectivity index (χ1n) is 6.30. The Kier molecular flexibility index (Phi) is 3.93. The maximum absolute atomic E-state index is 10.9. The van der Waals surface area contributed by atoms with Gasteiger partial charge in [-0.2, -0.15) is 0 Å². The lowest BCUT2D eigenvalue weighted by Gasteiger charge is -2.26. The second-order valence-corrected chi connectivity index (χ2v) is 4.96. The van der Waals surface area contributed by atoms with Crippen molar-refractivity contribution in [3.8, 4) is 0 Å². The summed E-state index contributed by atoms with van der Waals surface area (Å²) in [6.45, 7) is 4.78. The minimum atomic E-state index is -0.996. The van der Waals surface area contributed by atoms with Crippen LogP contribution in [0.25, 0.3) is 0 Å².